The standard InChI is InChI=1S/C16H18N2O3/c1-2-18(14-10-21-9-12(14)16(19)20)15-8-7-11-5-3-4-6-13(11)17-15/h3-8,12,14H,2,9-10H2,1H3,(H,19,20). The Morgan fingerprint density at radius 3 is 2.90 bits per heavy atom. The molecule has 1 N–H and O–H groups in total. The Morgan fingerprint density at radius 2 is 2.14 bits per heavy atom. The zero-order valence-electron chi connectivity index (χ0n) is 11.9. The van der Waals surface area contributed by atoms with Gasteiger partial charge in [-0.2, -0.15) is 0 Å². The van der Waals surface area contributed by atoms with Gasteiger partial charge in [-0.25, -0.2) is 4.98 Å². The number of aliphatic carboxylic acids is 1. The number of ether oxygens (including phenoxy) is 1. The summed E-state index contributed by atoms with van der Waals surface area (Å²) in [5.41, 5.74) is 0.916. The normalized spacial score (nSPS) is 21.6. The smallest absolute Gasteiger partial charge is 0.311 e. The van der Waals surface area contributed by atoms with Gasteiger partial charge in [-0.3, -0.25) is 4.79 Å². The number of pyridine rings is 1. The monoisotopic (exact) mass is 286 g/mol. The van der Waals surface area contributed by atoms with Crippen LogP contribution in [0.25, 0.3) is 10.9 Å². The summed E-state index contributed by atoms with van der Waals surface area (Å²) in [5, 5.41) is 10.4. The van der Waals surface area contributed by atoms with Crippen LogP contribution >= 0.6 is 0 Å². The molecule has 0 aliphatic carbocycles. The molecule has 2 aromatic rings. The number of anilines is 1. The van der Waals surface area contributed by atoms with Crippen LogP contribution < -0.4 is 4.90 Å². The van der Waals surface area contributed by atoms with Crippen LogP contribution in [0.2, 0.25) is 0 Å². The predicted molar refractivity (Wildman–Crippen MR) is 80.5 cm³/mol. The van der Waals surface area contributed by atoms with Gasteiger partial charge in [-0.05, 0) is 25.1 Å². The molecule has 1 aromatic heterocycles. The number of aromatic nitrogens is 1. The fourth-order valence-electron chi connectivity index (χ4n) is 2.87. The van der Waals surface area contributed by atoms with Crippen molar-refractivity contribution >= 4 is 22.7 Å². The summed E-state index contributed by atoms with van der Waals surface area (Å²) in [5.74, 6) is -0.507. The van der Waals surface area contributed by atoms with E-state index < -0.39 is 11.9 Å². The number of para-hydroxylation sites is 1. The largest absolute Gasteiger partial charge is 0.481 e. The fourth-order valence-corrected chi connectivity index (χ4v) is 2.87. The number of nitrogens with zero attached hydrogens (tertiary/aromatic N) is 2. The van der Waals surface area contributed by atoms with Crippen molar-refractivity contribution < 1.29 is 14.6 Å². The number of carboxylic acids is 1. The molecule has 0 saturated carbocycles. The van der Waals surface area contributed by atoms with Crippen LogP contribution in [0.15, 0.2) is 36.4 Å². The third-order valence-electron chi connectivity index (χ3n) is 3.99. The molecule has 1 saturated heterocycles. The Hall–Kier alpha value is -2.14. The van der Waals surface area contributed by atoms with Crippen molar-refractivity contribution in [1.29, 1.82) is 0 Å². The van der Waals surface area contributed by atoms with Crippen molar-refractivity contribution in [3.63, 3.8) is 0 Å². The van der Waals surface area contributed by atoms with Crippen molar-refractivity contribution in [3.05, 3.63) is 36.4 Å². The molecule has 5 nitrogen and oxygen atoms in total. The van der Waals surface area contributed by atoms with Crippen LogP contribution in [0.3, 0.4) is 0 Å². The second-order valence-corrected chi connectivity index (χ2v) is 5.20. The summed E-state index contributed by atoms with van der Waals surface area (Å²) in [6.45, 7) is 3.40. The Bertz CT molecular complexity index is 659. The Balaban J connectivity index is 1.95. The molecular formula is C16H18N2O3. The lowest BCUT2D eigenvalue weighted by Crippen LogP contribution is -2.43. The van der Waals surface area contributed by atoms with Gasteiger partial charge in [0.25, 0.3) is 0 Å². The highest BCUT2D eigenvalue weighted by Gasteiger charge is 2.38. The molecule has 1 aliphatic rings. The van der Waals surface area contributed by atoms with E-state index in [1.807, 2.05) is 48.2 Å². The van der Waals surface area contributed by atoms with Gasteiger partial charge in [0.2, 0.25) is 0 Å². The van der Waals surface area contributed by atoms with Crippen LogP contribution in [-0.2, 0) is 9.53 Å². The van der Waals surface area contributed by atoms with E-state index in [1.54, 1.807) is 0 Å². The molecule has 110 valence electrons. The molecule has 1 aliphatic heterocycles. The first-order valence-corrected chi connectivity index (χ1v) is 7.13. The summed E-state index contributed by atoms with van der Waals surface area (Å²) in [4.78, 5) is 18.0. The summed E-state index contributed by atoms with van der Waals surface area (Å²) in [6.07, 6.45) is 0. The molecule has 0 radical (unpaired) electrons. The van der Waals surface area contributed by atoms with E-state index >= 15 is 0 Å². The minimum atomic E-state index is -0.809. The average molecular weight is 286 g/mol. The van der Waals surface area contributed by atoms with Gasteiger partial charge in [0.1, 0.15) is 11.7 Å². The van der Waals surface area contributed by atoms with Crippen LogP contribution in [0.4, 0.5) is 5.82 Å². The van der Waals surface area contributed by atoms with Crippen molar-refractivity contribution in [3.8, 4) is 0 Å². The molecule has 21 heavy (non-hydrogen) atoms. The highest BCUT2D eigenvalue weighted by molar-refractivity contribution is 5.80. The first kappa shape index (κ1) is 13.8. The maximum atomic E-state index is 11.3. The second kappa shape index (κ2) is 5.69. The van der Waals surface area contributed by atoms with E-state index in [2.05, 4.69) is 4.98 Å². The molecule has 2 heterocycles. The van der Waals surface area contributed by atoms with E-state index in [0.29, 0.717) is 13.2 Å². The van der Waals surface area contributed by atoms with E-state index in [0.717, 1.165) is 16.7 Å². The lowest BCUT2D eigenvalue weighted by Gasteiger charge is -2.30. The number of likely N-dealkylation sites (N-methyl/N-ethyl adjacent to an activating group) is 1. The zero-order chi connectivity index (χ0) is 14.8. The van der Waals surface area contributed by atoms with Gasteiger partial charge in [-0.15, -0.1) is 0 Å². The predicted octanol–water partition coefficient (Wildman–Crippen LogP) is 2.16. The molecule has 1 fully saturated rings. The van der Waals surface area contributed by atoms with Gasteiger partial charge < -0.3 is 14.7 Å². The lowest BCUT2D eigenvalue weighted by molar-refractivity contribution is -0.141. The molecule has 3 rings (SSSR count). The molecule has 5 heteroatoms. The summed E-state index contributed by atoms with van der Waals surface area (Å²) >= 11 is 0. The lowest BCUT2D eigenvalue weighted by atomic mass is 10.0. The number of hydrogen-bond donors (Lipinski definition) is 1. The molecule has 2 unspecified atom stereocenters. The van der Waals surface area contributed by atoms with Crippen molar-refractivity contribution in [2.45, 2.75) is 13.0 Å². The van der Waals surface area contributed by atoms with E-state index in [9.17, 15) is 9.90 Å². The molecule has 1 aromatic carbocycles. The number of hydrogen-bond acceptors (Lipinski definition) is 4. The van der Waals surface area contributed by atoms with Crippen molar-refractivity contribution in [2.24, 2.45) is 5.92 Å². The van der Waals surface area contributed by atoms with Crippen LogP contribution in [-0.4, -0.2) is 41.9 Å². The highest BCUT2D eigenvalue weighted by atomic mass is 16.5. The summed E-state index contributed by atoms with van der Waals surface area (Å²) in [6, 6.07) is 11.7. The van der Waals surface area contributed by atoms with Gasteiger partial charge in [0.15, 0.2) is 0 Å². The molecule has 0 bridgehead atoms. The van der Waals surface area contributed by atoms with Crippen molar-refractivity contribution in [2.75, 3.05) is 24.7 Å². The topological polar surface area (TPSA) is 62.7 Å². The third-order valence-corrected chi connectivity index (χ3v) is 3.99. The summed E-state index contributed by atoms with van der Waals surface area (Å²) in [7, 11) is 0. The summed E-state index contributed by atoms with van der Waals surface area (Å²) < 4.78 is 5.37. The number of rotatable bonds is 4. The SMILES string of the molecule is CCN(c1ccc2ccccc2n1)C1COCC1C(=O)O. The number of carboxylic acid groups (broad SMARTS) is 1. The number of benzene rings is 1. The second-order valence-electron chi connectivity index (χ2n) is 5.20. The van der Waals surface area contributed by atoms with Gasteiger partial charge in [0, 0.05) is 11.9 Å². The zero-order valence-corrected chi connectivity index (χ0v) is 11.9. The first-order valence-electron chi connectivity index (χ1n) is 7.13. The fraction of sp³-hybridized carbons (Fsp3) is 0.375. The third kappa shape index (κ3) is 2.56. The van der Waals surface area contributed by atoms with Gasteiger partial charge in [-0.1, -0.05) is 18.2 Å². The van der Waals surface area contributed by atoms with E-state index in [-0.39, 0.29) is 12.6 Å². The molecule has 2 atom stereocenters. The molecule has 0 amide bonds. The quantitative estimate of drug-likeness (QED) is 0.933. The van der Waals surface area contributed by atoms with Crippen molar-refractivity contribution in [1.82, 2.24) is 4.98 Å². The number of fused-ring (bicyclic) bond motifs is 1. The molecular weight excluding hydrogens is 268 g/mol. The number of carbonyl (C=O) groups is 1. The Morgan fingerprint density at radius 1 is 1.33 bits per heavy atom. The minimum Gasteiger partial charge on any atom is -0.481 e. The van der Waals surface area contributed by atoms with E-state index in [1.165, 1.54) is 0 Å². The Kier molecular flexibility index (Phi) is 3.75. The highest BCUT2D eigenvalue weighted by Crippen LogP contribution is 2.26. The van der Waals surface area contributed by atoms with E-state index in [4.69, 9.17) is 4.74 Å². The van der Waals surface area contributed by atoms with Gasteiger partial charge >= 0.3 is 5.97 Å². The average Bonchev–Trinajstić information content (AvgIpc) is 2.97. The first-order chi connectivity index (χ1) is 10.2. The van der Waals surface area contributed by atoms with Crippen LogP contribution in [0.5, 0.6) is 0 Å². The van der Waals surface area contributed by atoms with Gasteiger partial charge in [0.05, 0.1) is 24.8 Å². The maximum Gasteiger partial charge on any atom is 0.311 e. The molecule has 0 spiro atoms. The maximum absolute atomic E-state index is 11.3. The van der Waals surface area contributed by atoms with Crippen LogP contribution in [0, 0.1) is 5.92 Å². The van der Waals surface area contributed by atoms with Crippen LogP contribution in [0.1, 0.15) is 6.92 Å². The Labute approximate surface area is 123 Å². The minimum absolute atomic E-state index is 0.166.